The van der Waals surface area contributed by atoms with Gasteiger partial charge in [-0.05, 0) is 42.7 Å². The lowest BCUT2D eigenvalue weighted by Crippen LogP contribution is -2.28. The van der Waals surface area contributed by atoms with Crippen molar-refractivity contribution < 1.29 is 8.42 Å². The molecule has 0 fully saturated rings. The number of nitrogens with two attached hydrogens (primary N) is 1. The van der Waals surface area contributed by atoms with Gasteiger partial charge in [0.1, 0.15) is 0 Å². The van der Waals surface area contributed by atoms with E-state index in [4.69, 9.17) is 5.73 Å². The van der Waals surface area contributed by atoms with E-state index in [0.717, 1.165) is 11.1 Å². The van der Waals surface area contributed by atoms with Gasteiger partial charge in [-0.2, -0.15) is 0 Å². The minimum atomic E-state index is -3.60. The second-order valence-corrected chi connectivity index (χ2v) is 6.94. The summed E-state index contributed by atoms with van der Waals surface area (Å²) in [6, 6.07) is 12.6. The zero-order valence-corrected chi connectivity index (χ0v) is 13.3. The quantitative estimate of drug-likeness (QED) is 0.944. The van der Waals surface area contributed by atoms with Crippen LogP contribution in [-0.4, -0.2) is 15.5 Å². The van der Waals surface area contributed by atoms with Gasteiger partial charge in [0.2, 0.25) is 0 Å². The molecule has 0 heterocycles. The van der Waals surface area contributed by atoms with Gasteiger partial charge in [-0.15, -0.1) is 0 Å². The van der Waals surface area contributed by atoms with Crippen molar-refractivity contribution in [2.45, 2.75) is 25.3 Å². The highest BCUT2D eigenvalue weighted by molar-refractivity contribution is 7.92. The summed E-state index contributed by atoms with van der Waals surface area (Å²) in [6.45, 7) is 4.01. The van der Waals surface area contributed by atoms with E-state index >= 15 is 0 Å². The number of hydrogen-bond acceptors (Lipinski definition) is 3. The highest BCUT2D eigenvalue weighted by atomic mass is 32.2. The summed E-state index contributed by atoms with van der Waals surface area (Å²) in [5, 5.41) is 0. The van der Waals surface area contributed by atoms with Gasteiger partial charge in [-0.3, -0.25) is 4.31 Å². The van der Waals surface area contributed by atoms with E-state index in [1.807, 2.05) is 31.2 Å². The molecule has 0 unspecified atom stereocenters. The molecule has 0 radical (unpaired) electrons. The summed E-state index contributed by atoms with van der Waals surface area (Å²) in [5.41, 5.74) is 8.81. The zero-order chi connectivity index (χ0) is 15.6. The van der Waals surface area contributed by atoms with E-state index in [0.29, 0.717) is 22.7 Å². The average Bonchev–Trinajstić information content (AvgIpc) is 2.47. The Kier molecular flexibility index (Phi) is 4.34. The number of anilines is 1. The molecular weight excluding hydrogens is 284 g/mol. The Hall–Kier alpha value is -1.85. The van der Waals surface area contributed by atoms with Crippen LogP contribution in [0.15, 0.2) is 47.4 Å². The molecule has 2 aromatic carbocycles. The predicted octanol–water partition coefficient (Wildman–Crippen LogP) is 2.59. The Morgan fingerprint density at radius 2 is 1.71 bits per heavy atom. The highest BCUT2D eigenvalue weighted by Gasteiger charge is 2.24. The van der Waals surface area contributed by atoms with Gasteiger partial charge in [0, 0.05) is 13.6 Å². The van der Waals surface area contributed by atoms with Gasteiger partial charge in [0.15, 0.2) is 0 Å². The minimum absolute atomic E-state index is 0.302. The maximum Gasteiger partial charge on any atom is 0.264 e. The molecule has 0 aliphatic rings. The number of aryl methyl sites for hydroxylation is 1. The first-order valence-corrected chi connectivity index (χ1v) is 8.16. The van der Waals surface area contributed by atoms with Crippen molar-refractivity contribution in [2.75, 3.05) is 11.4 Å². The number of benzene rings is 2. The SMILES string of the molecule is Cc1ccccc1N(C)S(=O)(=O)c1cccc(CN)c1C. The number of nitrogens with zero attached hydrogens (tertiary/aromatic N) is 1. The fraction of sp³-hybridized carbons (Fsp3) is 0.250. The molecular formula is C16H20N2O2S. The van der Waals surface area contributed by atoms with Gasteiger partial charge in [-0.25, -0.2) is 8.42 Å². The molecule has 112 valence electrons. The van der Waals surface area contributed by atoms with E-state index in [9.17, 15) is 8.42 Å². The lowest BCUT2D eigenvalue weighted by atomic mass is 10.1. The Bertz CT molecular complexity index is 755. The molecule has 0 saturated carbocycles. The van der Waals surface area contributed by atoms with Crippen LogP contribution < -0.4 is 10.0 Å². The third kappa shape index (κ3) is 2.80. The lowest BCUT2D eigenvalue weighted by Gasteiger charge is -2.23. The first kappa shape index (κ1) is 15.5. The maximum absolute atomic E-state index is 12.9. The van der Waals surface area contributed by atoms with E-state index in [-0.39, 0.29) is 0 Å². The van der Waals surface area contributed by atoms with Gasteiger partial charge >= 0.3 is 0 Å². The van der Waals surface area contributed by atoms with E-state index in [1.54, 1.807) is 32.2 Å². The molecule has 0 spiro atoms. The molecule has 0 atom stereocenters. The number of hydrogen-bond donors (Lipinski definition) is 1. The van der Waals surface area contributed by atoms with Crippen LogP contribution in [-0.2, 0) is 16.6 Å². The normalized spacial score (nSPS) is 11.4. The molecule has 2 N–H and O–H groups in total. The van der Waals surface area contributed by atoms with Crippen molar-refractivity contribution in [1.29, 1.82) is 0 Å². The van der Waals surface area contributed by atoms with Crippen LogP contribution in [0.4, 0.5) is 5.69 Å². The minimum Gasteiger partial charge on any atom is -0.326 e. The molecule has 2 rings (SSSR count). The molecule has 0 aliphatic carbocycles. The van der Waals surface area contributed by atoms with Gasteiger partial charge < -0.3 is 5.73 Å². The third-order valence-corrected chi connectivity index (χ3v) is 5.63. The number of para-hydroxylation sites is 1. The van der Waals surface area contributed by atoms with Crippen LogP contribution in [0.5, 0.6) is 0 Å². The Labute approximate surface area is 126 Å². The first-order chi connectivity index (χ1) is 9.89. The maximum atomic E-state index is 12.9. The van der Waals surface area contributed by atoms with Crippen molar-refractivity contribution in [2.24, 2.45) is 5.73 Å². The summed E-state index contributed by atoms with van der Waals surface area (Å²) < 4.78 is 27.0. The fourth-order valence-corrected chi connectivity index (χ4v) is 3.88. The summed E-state index contributed by atoms with van der Waals surface area (Å²) >= 11 is 0. The summed E-state index contributed by atoms with van der Waals surface area (Å²) in [6.07, 6.45) is 0. The largest absolute Gasteiger partial charge is 0.326 e. The van der Waals surface area contributed by atoms with Crippen molar-refractivity contribution in [1.82, 2.24) is 0 Å². The standard InChI is InChI=1S/C16H20N2O2S/c1-12-7-4-5-9-15(12)18(3)21(19,20)16-10-6-8-14(11-17)13(16)2/h4-10H,11,17H2,1-3H3. The first-order valence-electron chi connectivity index (χ1n) is 6.72. The molecule has 0 amide bonds. The monoisotopic (exact) mass is 304 g/mol. The fourth-order valence-electron chi connectivity index (χ4n) is 2.35. The number of sulfonamides is 1. The van der Waals surface area contributed by atoms with Crippen LogP contribution in [0.2, 0.25) is 0 Å². The highest BCUT2D eigenvalue weighted by Crippen LogP contribution is 2.27. The smallest absolute Gasteiger partial charge is 0.264 e. The third-order valence-electron chi connectivity index (χ3n) is 3.71. The molecule has 0 bridgehead atoms. The molecule has 21 heavy (non-hydrogen) atoms. The van der Waals surface area contributed by atoms with Crippen LogP contribution in [0.1, 0.15) is 16.7 Å². The molecule has 0 aliphatic heterocycles. The topological polar surface area (TPSA) is 63.4 Å². The lowest BCUT2D eigenvalue weighted by molar-refractivity contribution is 0.593. The van der Waals surface area contributed by atoms with Crippen LogP contribution in [0.3, 0.4) is 0 Å². The molecule has 0 saturated heterocycles. The Morgan fingerprint density at radius 1 is 1.05 bits per heavy atom. The van der Waals surface area contributed by atoms with Crippen molar-refractivity contribution in [3.63, 3.8) is 0 Å². The van der Waals surface area contributed by atoms with Gasteiger partial charge in [0.05, 0.1) is 10.6 Å². The summed E-state index contributed by atoms with van der Waals surface area (Å²) in [5.74, 6) is 0. The van der Waals surface area contributed by atoms with Crippen LogP contribution >= 0.6 is 0 Å². The van der Waals surface area contributed by atoms with Gasteiger partial charge in [-0.1, -0.05) is 30.3 Å². The molecule has 2 aromatic rings. The van der Waals surface area contributed by atoms with Crippen LogP contribution in [0.25, 0.3) is 0 Å². The van der Waals surface area contributed by atoms with Crippen molar-refractivity contribution >= 4 is 15.7 Å². The zero-order valence-electron chi connectivity index (χ0n) is 12.5. The predicted molar refractivity (Wildman–Crippen MR) is 85.8 cm³/mol. The van der Waals surface area contributed by atoms with E-state index in [1.165, 1.54) is 4.31 Å². The van der Waals surface area contributed by atoms with Crippen molar-refractivity contribution in [3.8, 4) is 0 Å². The Morgan fingerprint density at radius 3 is 2.33 bits per heavy atom. The van der Waals surface area contributed by atoms with Crippen molar-refractivity contribution in [3.05, 3.63) is 59.2 Å². The van der Waals surface area contributed by atoms with E-state index < -0.39 is 10.0 Å². The Balaban J connectivity index is 2.55. The molecule has 4 nitrogen and oxygen atoms in total. The van der Waals surface area contributed by atoms with E-state index in [2.05, 4.69) is 0 Å². The van der Waals surface area contributed by atoms with Crippen LogP contribution in [0, 0.1) is 13.8 Å². The second-order valence-electron chi connectivity index (χ2n) is 5.00. The molecule has 0 aromatic heterocycles. The summed E-state index contributed by atoms with van der Waals surface area (Å²) in [4.78, 5) is 0.302. The van der Waals surface area contributed by atoms with Gasteiger partial charge in [0.25, 0.3) is 10.0 Å². The molecule has 5 heteroatoms. The number of rotatable bonds is 4. The summed E-state index contributed by atoms with van der Waals surface area (Å²) in [7, 11) is -2.02. The average molecular weight is 304 g/mol. The second kappa shape index (κ2) is 5.87.